The van der Waals surface area contributed by atoms with Crippen LogP contribution in [0.4, 0.5) is 0 Å². The molecule has 0 unspecified atom stereocenters. The maximum atomic E-state index is 13.5. The van der Waals surface area contributed by atoms with Crippen molar-refractivity contribution >= 4 is 17.8 Å². The number of allylic oxidation sites excluding steroid dienone is 1. The van der Waals surface area contributed by atoms with Crippen molar-refractivity contribution in [2.24, 2.45) is 0 Å². The minimum absolute atomic E-state index is 0.0341. The van der Waals surface area contributed by atoms with Gasteiger partial charge < -0.3 is 37.9 Å². The van der Waals surface area contributed by atoms with Gasteiger partial charge in [-0.15, -0.1) is 0 Å². The topological polar surface area (TPSA) is 108 Å². The van der Waals surface area contributed by atoms with Gasteiger partial charge in [0.25, 0.3) is 0 Å². The fourth-order valence-corrected chi connectivity index (χ4v) is 5.12. The molecule has 3 aliphatic heterocycles. The molecule has 10 heteroatoms. The molecule has 3 aromatic carbocycles. The smallest absolute Gasteiger partial charge is 0.312 e. The highest BCUT2D eigenvalue weighted by atomic mass is 16.7. The van der Waals surface area contributed by atoms with Gasteiger partial charge in [-0.25, -0.2) is 0 Å². The zero-order valence-electron chi connectivity index (χ0n) is 21.6. The van der Waals surface area contributed by atoms with Gasteiger partial charge >= 0.3 is 5.97 Å². The van der Waals surface area contributed by atoms with E-state index < -0.39 is 11.9 Å². The van der Waals surface area contributed by atoms with Crippen LogP contribution in [0.1, 0.15) is 39.4 Å². The highest BCUT2D eigenvalue weighted by Gasteiger charge is 2.39. The predicted molar refractivity (Wildman–Crippen MR) is 137 cm³/mol. The van der Waals surface area contributed by atoms with E-state index in [1.807, 2.05) is 0 Å². The summed E-state index contributed by atoms with van der Waals surface area (Å²) in [6.45, 7) is 0.0687. The molecule has 39 heavy (non-hydrogen) atoms. The number of ether oxygens (including phenoxy) is 8. The Kier molecular flexibility index (Phi) is 5.94. The number of ketones is 1. The second-order valence-electron chi connectivity index (χ2n) is 8.91. The second-order valence-corrected chi connectivity index (χ2v) is 8.91. The van der Waals surface area contributed by atoms with Crippen LogP contribution < -0.4 is 37.9 Å². The van der Waals surface area contributed by atoms with Crippen molar-refractivity contribution in [3.8, 4) is 46.0 Å². The van der Waals surface area contributed by atoms with Gasteiger partial charge in [0.05, 0.1) is 40.4 Å². The molecular weight excluding hydrogens is 508 g/mol. The summed E-state index contributed by atoms with van der Waals surface area (Å²) in [5.74, 6) is 2.28. The van der Waals surface area contributed by atoms with Crippen LogP contribution in [0, 0.1) is 0 Å². The van der Waals surface area contributed by atoms with Gasteiger partial charge in [-0.2, -0.15) is 0 Å². The number of hydrogen-bond acceptors (Lipinski definition) is 10. The number of esters is 1. The fraction of sp³-hybridized carbons (Fsp3) is 0.241. The number of carbonyl (C=O) groups is 2. The minimum atomic E-state index is -0.484. The molecule has 1 atom stereocenters. The van der Waals surface area contributed by atoms with E-state index >= 15 is 0 Å². The van der Waals surface area contributed by atoms with Crippen molar-refractivity contribution in [3.63, 3.8) is 0 Å². The molecule has 0 bridgehead atoms. The van der Waals surface area contributed by atoms with Gasteiger partial charge in [0, 0.05) is 17.0 Å². The molecule has 0 fully saturated rings. The zero-order valence-corrected chi connectivity index (χ0v) is 21.6. The van der Waals surface area contributed by atoms with E-state index in [1.54, 1.807) is 42.5 Å². The minimum Gasteiger partial charge on any atom is -0.493 e. The van der Waals surface area contributed by atoms with Crippen molar-refractivity contribution in [1.29, 1.82) is 0 Å². The Morgan fingerprint density at radius 1 is 0.795 bits per heavy atom. The average Bonchev–Trinajstić information content (AvgIpc) is 3.55. The summed E-state index contributed by atoms with van der Waals surface area (Å²) in [5, 5.41) is 0. The molecule has 0 amide bonds. The van der Waals surface area contributed by atoms with Gasteiger partial charge in [0.2, 0.25) is 24.1 Å². The van der Waals surface area contributed by atoms with E-state index in [9.17, 15) is 9.59 Å². The van der Waals surface area contributed by atoms with Crippen molar-refractivity contribution in [2.45, 2.75) is 12.3 Å². The van der Waals surface area contributed by atoms with Gasteiger partial charge in [0.15, 0.2) is 28.8 Å². The molecule has 3 aromatic rings. The lowest BCUT2D eigenvalue weighted by atomic mass is 9.84. The summed E-state index contributed by atoms with van der Waals surface area (Å²) in [5.41, 5.74) is 2.24. The van der Waals surface area contributed by atoms with Gasteiger partial charge in [-0.3, -0.25) is 9.59 Å². The van der Waals surface area contributed by atoms with Crippen LogP contribution in [-0.4, -0.2) is 47.0 Å². The van der Waals surface area contributed by atoms with E-state index in [2.05, 4.69) is 0 Å². The lowest BCUT2D eigenvalue weighted by Crippen LogP contribution is -2.21. The molecule has 0 aliphatic carbocycles. The molecule has 0 N–H and O–H groups in total. The molecule has 0 saturated carbocycles. The van der Waals surface area contributed by atoms with Crippen LogP contribution in [-0.2, 0) is 4.79 Å². The van der Waals surface area contributed by atoms with E-state index in [1.165, 1.54) is 28.4 Å². The summed E-state index contributed by atoms with van der Waals surface area (Å²) >= 11 is 0. The molecule has 6 rings (SSSR count). The summed E-state index contributed by atoms with van der Waals surface area (Å²) in [6.07, 6.45) is 1.62. The first-order chi connectivity index (χ1) is 19.0. The number of methoxy groups -OCH3 is 4. The molecule has 0 aromatic heterocycles. The van der Waals surface area contributed by atoms with E-state index in [-0.39, 0.29) is 24.8 Å². The zero-order chi connectivity index (χ0) is 27.3. The molecule has 10 nitrogen and oxygen atoms in total. The Morgan fingerprint density at radius 2 is 1.59 bits per heavy atom. The SMILES string of the molecule is COc1cc([C@@H]2CC(=O)Oc3ccc4c(c32)O/C(=C/c2ccc(OC)c(OC)c2OC)C4=O)cc2c1OCO2. The number of fused-ring (bicyclic) bond motifs is 4. The Labute approximate surface area is 223 Å². The largest absolute Gasteiger partial charge is 0.493 e. The standard InChI is InChI=1S/C29H24O10/c1-32-19-7-5-14(26(34-3)29(19)35-4)9-20-25(31)16-6-8-18-24(27(16)39-20)17(12-23(30)38-18)15-10-21(33-2)28-22(11-15)36-13-37-28/h5-11,17H,12-13H2,1-4H3/b20-9+/t17-/m0/s1. The van der Waals surface area contributed by atoms with E-state index in [4.69, 9.17) is 37.9 Å². The molecule has 200 valence electrons. The summed E-state index contributed by atoms with van der Waals surface area (Å²) < 4.78 is 44.7. The monoisotopic (exact) mass is 532 g/mol. The number of benzene rings is 3. The quantitative estimate of drug-likeness (QED) is 0.256. The lowest BCUT2D eigenvalue weighted by Gasteiger charge is -2.26. The Hall–Kier alpha value is -4.86. The first-order valence-corrected chi connectivity index (χ1v) is 12.1. The predicted octanol–water partition coefficient (Wildman–Crippen LogP) is 4.51. The average molecular weight is 533 g/mol. The Balaban J connectivity index is 1.45. The van der Waals surface area contributed by atoms with Crippen molar-refractivity contribution < 1.29 is 47.5 Å². The molecule has 0 saturated heterocycles. The number of hydrogen-bond donors (Lipinski definition) is 0. The third-order valence-electron chi connectivity index (χ3n) is 6.88. The van der Waals surface area contributed by atoms with E-state index in [0.29, 0.717) is 62.7 Å². The summed E-state index contributed by atoms with van der Waals surface area (Å²) in [7, 11) is 6.06. The summed E-state index contributed by atoms with van der Waals surface area (Å²) in [4.78, 5) is 26.1. The fourth-order valence-electron chi connectivity index (χ4n) is 5.12. The van der Waals surface area contributed by atoms with E-state index in [0.717, 1.165) is 5.56 Å². The van der Waals surface area contributed by atoms with Crippen LogP contribution in [0.25, 0.3) is 6.08 Å². The first-order valence-electron chi connectivity index (χ1n) is 12.1. The van der Waals surface area contributed by atoms with Crippen molar-refractivity contribution in [3.05, 3.63) is 64.4 Å². The second kappa shape index (κ2) is 9.46. The highest BCUT2D eigenvalue weighted by Crippen LogP contribution is 2.52. The maximum absolute atomic E-state index is 13.5. The molecule has 3 aliphatic rings. The number of carbonyl (C=O) groups excluding carboxylic acids is 2. The third-order valence-corrected chi connectivity index (χ3v) is 6.88. The molecule has 0 radical (unpaired) electrons. The van der Waals surface area contributed by atoms with Crippen LogP contribution in [0.15, 0.2) is 42.2 Å². The Bertz CT molecular complexity index is 1550. The van der Waals surface area contributed by atoms with Crippen LogP contribution in [0.5, 0.6) is 46.0 Å². The van der Waals surface area contributed by atoms with Crippen molar-refractivity contribution in [1.82, 2.24) is 0 Å². The number of rotatable bonds is 6. The lowest BCUT2D eigenvalue weighted by molar-refractivity contribution is -0.135. The number of Topliss-reactive ketones (excluding diaryl/α,β-unsaturated/α-hetero) is 1. The molecule has 0 spiro atoms. The highest BCUT2D eigenvalue weighted by molar-refractivity contribution is 6.15. The summed E-state index contributed by atoms with van der Waals surface area (Å²) in [6, 6.07) is 10.3. The molecular formula is C29H24O10. The van der Waals surface area contributed by atoms with Gasteiger partial charge in [-0.1, -0.05) is 0 Å². The normalized spacial score (nSPS) is 17.7. The first kappa shape index (κ1) is 24.5. The van der Waals surface area contributed by atoms with Crippen LogP contribution in [0.2, 0.25) is 0 Å². The van der Waals surface area contributed by atoms with Gasteiger partial charge in [0.1, 0.15) is 11.5 Å². The van der Waals surface area contributed by atoms with Gasteiger partial charge in [-0.05, 0) is 48.0 Å². The van der Waals surface area contributed by atoms with Crippen molar-refractivity contribution in [2.75, 3.05) is 35.2 Å². The molecule has 3 heterocycles. The Morgan fingerprint density at radius 3 is 2.33 bits per heavy atom. The van der Waals surface area contributed by atoms with Crippen LogP contribution >= 0.6 is 0 Å². The third kappa shape index (κ3) is 3.87. The maximum Gasteiger partial charge on any atom is 0.312 e. The van der Waals surface area contributed by atoms with Crippen LogP contribution in [0.3, 0.4) is 0 Å².